The molecular weight excluding hydrogens is 430 g/mol. The molecule has 182 valence electrons. The SMILES string of the molecule is CCC(CC)Oc1ccc(C)cc1OC.Cc1cc2ncccc2c(OC[C@H]2CNC(=O)C2)n1. The highest BCUT2D eigenvalue weighted by atomic mass is 16.5. The quantitative estimate of drug-likeness (QED) is 0.503. The van der Waals surface area contributed by atoms with E-state index in [9.17, 15) is 4.79 Å². The van der Waals surface area contributed by atoms with E-state index in [1.54, 1.807) is 13.3 Å². The number of carbonyl (C=O) groups excluding carboxylic acids is 1. The maximum atomic E-state index is 11.1. The van der Waals surface area contributed by atoms with Crippen LogP contribution in [0.25, 0.3) is 10.9 Å². The zero-order valence-corrected chi connectivity index (χ0v) is 20.8. The van der Waals surface area contributed by atoms with Crippen LogP contribution in [0.5, 0.6) is 17.4 Å². The van der Waals surface area contributed by atoms with Gasteiger partial charge in [0, 0.05) is 30.8 Å². The third kappa shape index (κ3) is 6.83. The Kier molecular flexibility index (Phi) is 9.08. The fourth-order valence-corrected chi connectivity index (χ4v) is 3.76. The number of aromatic nitrogens is 2. The average Bonchev–Trinajstić information content (AvgIpc) is 3.27. The Hall–Kier alpha value is -3.35. The van der Waals surface area contributed by atoms with Gasteiger partial charge in [0.05, 0.1) is 30.7 Å². The third-order valence-corrected chi connectivity index (χ3v) is 5.73. The molecule has 1 aromatic carbocycles. The van der Waals surface area contributed by atoms with Crippen LogP contribution in [0.4, 0.5) is 0 Å². The first kappa shape index (κ1) is 25.3. The van der Waals surface area contributed by atoms with Crippen LogP contribution in [0.15, 0.2) is 42.6 Å². The summed E-state index contributed by atoms with van der Waals surface area (Å²) < 4.78 is 16.9. The smallest absolute Gasteiger partial charge is 0.223 e. The maximum absolute atomic E-state index is 11.1. The molecule has 1 saturated heterocycles. The van der Waals surface area contributed by atoms with Crippen molar-refractivity contribution in [2.45, 2.75) is 53.1 Å². The number of methoxy groups -OCH3 is 1. The van der Waals surface area contributed by atoms with E-state index in [-0.39, 0.29) is 17.9 Å². The van der Waals surface area contributed by atoms with Gasteiger partial charge in [-0.1, -0.05) is 19.9 Å². The Morgan fingerprint density at radius 3 is 2.59 bits per heavy atom. The normalized spacial score (nSPS) is 15.0. The van der Waals surface area contributed by atoms with Crippen LogP contribution in [0.3, 0.4) is 0 Å². The van der Waals surface area contributed by atoms with Gasteiger partial charge < -0.3 is 19.5 Å². The number of amides is 1. The molecule has 1 aliphatic rings. The first-order chi connectivity index (χ1) is 16.4. The monoisotopic (exact) mass is 465 g/mol. The second-order valence-corrected chi connectivity index (χ2v) is 8.53. The van der Waals surface area contributed by atoms with Crippen LogP contribution < -0.4 is 19.5 Å². The molecular formula is C27H35N3O4. The Balaban J connectivity index is 0.000000197. The van der Waals surface area contributed by atoms with Crippen molar-refractivity contribution in [2.75, 3.05) is 20.3 Å². The number of fused-ring (bicyclic) bond motifs is 1. The van der Waals surface area contributed by atoms with E-state index in [4.69, 9.17) is 14.2 Å². The van der Waals surface area contributed by atoms with E-state index in [1.165, 1.54) is 5.56 Å². The van der Waals surface area contributed by atoms with Gasteiger partial charge in [-0.2, -0.15) is 0 Å². The molecule has 7 heteroatoms. The molecule has 1 aliphatic heterocycles. The molecule has 1 atom stereocenters. The summed E-state index contributed by atoms with van der Waals surface area (Å²) in [5.74, 6) is 2.58. The molecule has 0 spiro atoms. The number of ether oxygens (including phenoxy) is 3. The Labute approximate surface area is 201 Å². The molecule has 1 amide bonds. The van der Waals surface area contributed by atoms with Gasteiger partial charge in [0.2, 0.25) is 11.8 Å². The summed E-state index contributed by atoms with van der Waals surface area (Å²) in [5.41, 5.74) is 2.94. The fraction of sp³-hybridized carbons (Fsp3) is 0.444. The summed E-state index contributed by atoms with van der Waals surface area (Å²) >= 11 is 0. The molecule has 7 nitrogen and oxygen atoms in total. The third-order valence-electron chi connectivity index (χ3n) is 5.73. The number of pyridine rings is 2. The number of benzene rings is 1. The summed E-state index contributed by atoms with van der Waals surface area (Å²) in [5, 5.41) is 3.71. The summed E-state index contributed by atoms with van der Waals surface area (Å²) in [6.07, 6.45) is 4.61. The summed E-state index contributed by atoms with van der Waals surface area (Å²) in [7, 11) is 1.68. The van der Waals surface area contributed by atoms with Crippen LogP contribution in [-0.4, -0.2) is 42.2 Å². The van der Waals surface area contributed by atoms with Crippen LogP contribution >= 0.6 is 0 Å². The van der Waals surface area contributed by atoms with Crippen molar-refractivity contribution in [3.63, 3.8) is 0 Å². The van der Waals surface area contributed by atoms with Crippen molar-refractivity contribution in [1.29, 1.82) is 0 Å². The minimum Gasteiger partial charge on any atom is -0.493 e. The number of nitrogens with one attached hydrogen (secondary N) is 1. The zero-order valence-electron chi connectivity index (χ0n) is 20.8. The average molecular weight is 466 g/mol. The number of hydrogen-bond donors (Lipinski definition) is 1. The summed E-state index contributed by atoms with van der Waals surface area (Å²) in [4.78, 5) is 19.9. The summed E-state index contributed by atoms with van der Waals surface area (Å²) in [6, 6.07) is 11.8. The zero-order chi connectivity index (χ0) is 24.5. The molecule has 34 heavy (non-hydrogen) atoms. The highest BCUT2D eigenvalue weighted by molar-refractivity contribution is 5.83. The van der Waals surface area contributed by atoms with Crippen molar-refractivity contribution in [2.24, 2.45) is 5.92 Å². The van der Waals surface area contributed by atoms with Gasteiger partial charge in [0.1, 0.15) is 0 Å². The lowest BCUT2D eigenvalue weighted by Gasteiger charge is -2.17. The fourth-order valence-electron chi connectivity index (χ4n) is 3.76. The van der Waals surface area contributed by atoms with Gasteiger partial charge in [-0.25, -0.2) is 4.98 Å². The van der Waals surface area contributed by atoms with Gasteiger partial charge in [0.15, 0.2) is 11.5 Å². The molecule has 1 fully saturated rings. The topological polar surface area (TPSA) is 82.6 Å². The molecule has 3 heterocycles. The number of aryl methyl sites for hydroxylation is 2. The molecule has 0 radical (unpaired) electrons. The number of nitrogens with zero attached hydrogens (tertiary/aromatic N) is 2. The molecule has 1 N–H and O–H groups in total. The lowest BCUT2D eigenvalue weighted by atomic mass is 10.1. The van der Waals surface area contributed by atoms with Gasteiger partial charge in [-0.3, -0.25) is 9.78 Å². The van der Waals surface area contributed by atoms with E-state index in [0.717, 1.165) is 40.9 Å². The standard InChI is InChI=1S/C14H15N3O2.C13H20O2/c1-9-5-12-11(3-2-4-15-12)14(17-9)19-8-10-6-13(18)16-7-10;1-5-11(6-2)15-12-8-7-10(3)9-13(12)14-4/h2-5,10H,6-8H2,1H3,(H,16,18);7-9,11H,5-6H2,1-4H3/t10-;/m1./s1. The second kappa shape index (κ2) is 12.2. The van der Waals surface area contributed by atoms with Crippen LogP contribution in [-0.2, 0) is 4.79 Å². The molecule has 4 rings (SSSR count). The van der Waals surface area contributed by atoms with Gasteiger partial charge in [-0.05, 0) is 62.6 Å². The lowest BCUT2D eigenvalue weighted by molar-refractivity contribution is -0.119. The molecule has 0 bridgehead atoms. The van der Waals surface area contributed by atoms with Crippen molar-refractivity contribution in [3.8, 4) is 17.4 Å². The molecule has 0 unspecified atom stereocenters. The van der Waals surface area contributed by atoms with Crippen molar-refractivity contribution in [3.05, 3.63) is 53.9 Å². The van der Waals surface area contributed by atoms with Gasteiger partial charge in [0.25, 0.3) is 0 Å². The number of hydrogen-bond acceptors (Lipinski definition) is 6. The summed E-state index contributed by atoms with van der Waals surface area (Å²) in [6.45, 7) is 9.41. The first-order valence-electron chi connectivity index (χ1n) is 11.9. The minimum absolute atomic E-state index is 0.0947. The van der Waals surface area contributed by atoms with Crippen LogP contribution in [0.2, 0.25) is 0 Å². The second-order valence-electron chi connectivity index (χ2n) is 8.53. The molecule has 0 saturated carbocycles. The van der Waals surface area contributed by atoms with E-state index in [2.05, 4.69) is 29.1 Å². The van der Waals surface area contributed by atoms with E-state index >= 15 is 0 Å². The van der Waals surface area contributed by atoms with E-state index in [1.807, 2.05) is 50.2 Å². The number of rotatable bonds is 8. The van der Waals surface area contributed by atoms with Gasteiger partial charge >= 0.3 is 0 Å². The molecule has 0 aliphatic carbocycles. The number of carbonyl (C=O) groups is 1. The lowest BCUT2D eigenvalue weighted by Crippen LogP contribution is -2.17. The maximum Gasteiger partial charge on any atom is 0.223 e. The predicted octanol–water partition coefficient (Wildman–Crippen LogP) is 5.02. The minimum atomic E-state index is 0.0947. The molecule has 2 aromatic heterocycles. The Morgan fingerprint density at radius 1 is 1.12 bits per heavy atom. The highest BCUT2D eigenvalue weighted by Crippen LogP contribution is 2.29. The predicted molar refractivity (Wildman–Crippen MR) is 134 cm³/mol. The highest BCUT2D eigenvalue weighted by Gasteiger charge is 2.22. The van der Waals surface area contributed by atoms with Crippen molar-refractivity contribution >= 4 is 16.8 Å². The Morgan fingerprint density at radius 2 is 1.91 bits per heavy atom. The molecule has 3 aromatic rings. The van der Waals surface area contributed by atoms with Crippen LogP contribution in [0.1, 0.15) is 44.4 Å². The van der Waals surface area contributed by atoms with E-state index in [0.29, 0.717) is 25.5 Å². The van der Waals surface area contributed by atoms with Crippen molar-refractivity contribution in [1.82, 2.24) is 15.3 Å². The van der Waals surface area contributed by atoms with Crippen LogP contribution in [0, 0.1) is 19.8 Å². The largest absolute Gasteiger partial charge is 0.493 e. The van der Waals surface area contributed by atoms with Gasteiger partial charge in [-0.15, -0.1) is 0 Å². The Bertz CT molecular complexity index is 1100. The van der Waals surface area contributed by atoms with Crippen molar-refractivity contribution < 1.29 is 19.0 Å². The van der Waals surface area contributed by atoms with E-state index < -0.39 is 0 Å². The first-order valence-corrected chi connectivity index (χ1v) is 11.9.